The van der Waals surface area contributed by atoms with Crippen molar-refractivity contribution in [3.63, 3.8) is 0 Å². The Hall–Kier alpha value is -2.49. The summed E-state index contributed by atoms with van der Waals surface area (Å²) in [5.74, 6) is 0.0535. The molecule has 0 aliphatic rings. The fourth-order valence-corrected chi connectivity index (χ4v) is 1.36. The van der Waals surface area contributed by atoms with Crippen LogP contribution in [0.2, 0.25) is 0 Å². The second-order valence-corrected chi connectivity index (χ2v) is 3.81. The predicted molar refractivity (Wildman–Crippen MR) is 70.9 cm³/mol. The summed E-state index contributed by atoms with van der Waals surface area (Å²) in [6.07, 6.45) is 6.36. The molecule has 4 heteroatoms. The number of amides is 1. The van der Waals surface area contributed by atoms with Crippen LogP contribution in [0.25, 0.3) is 6.08 Å². The van der Waals surface area contributed by atoms with E-state index in [0.717, 1.165) is 5.56 Å². The standard InChI is InChI=1S/C14H13N3O/c1-11-3-5-12(6-4-11)7-8-13(18)17-14-15-9-2-10-16-14/h2-10H,1H3,(H,15,16,17,18)/b8-7+. The fraction of sp³-hybridized carbons (Fsp3) is 0.0714. The Kier molecular flexibility index (Phi) is 3.81. The molecule has 0 saturated carbocycles. The average molecular weight is 239 g/mol. The first-order valence-corrected chi connectivity index (χ1v) is 5.57. The van der Waals surface area contributed by atoms with Gasteiger partial charge in [0.15, 0.2) is 0 Å². The molecule has 0 fully saturated rings. The molecular formula is C14H13N3O. The van der Waals surface area contributed by atoms with Gasteiger partial charge < -0.3 is 0 Å². The highest BCUT2D eigenvalue weighted by Gasteiger charge is 1.98. The van der Waals surface area contributed by atoms with Gasteiger partial charge in [0.25, 0.3) is 5.91 Å². The van der Waals surface area contributed by atoms with Crippen LogP contribution in [-0.4, -0.2) is 15.9 Å². The zero-order valence-electron chi connectivity index (χ0n) is 10.00. The van der Waals surface area contributed by atoms with E-state index >= 15 is 0 Å². The summed E-state index contributed by atoms with van der Waals surface area (Å²) in [5, 5.41) is 2.58. The molecule has 0 bridgehead atoms. The number of carbonyl (C=O) groups is 1. The van der Waals surface area contributed by atoms with Gasteiger partial charge in [-0.3, -0.25) is 10.1 Å². The van der Waals surface area contributed by atoms with E-state index in [2.05, 4.69) is 15.3 Å². The number of aryl methyl sites for hydroxylation is 1. The number of carbonyl (C=O) groups excluding carboxylic acids is 1. The number of aromatic nitrogens is 2. The van der Waals surface area contributed by atoms with Crippen LogP contribution >= 0.6 is 0 Å². The first kappa shape index (κ1) is 12.0. The second-order valence-electron chi connectivity index (χ2n) is 3.81. The minimum Gasteiger partial charge on any atom is -0.291 e. The monoisotopic (exact) mass is 239 g/mol. The minimum atomic E-state index is -0.248. The van der Waals surface area contributed by atoms with Crippen LogP contribution in [-0.2, 0) is 4.79 Å². The molecule has 0 aliphatic heterocycles. The van der Waals surface area contributed by atoms with E-state index in [9.17, 15) is 4.79 Å². The van der Waals surface area contributed by atoms with Crippen LogP contribution in [0.3, 0.4) is 0 Å². The Bertz CT molecular complexity index is 547. The number of anilines is 1. The van der Waals surface area contributed by atoms with Crippen molar-refractivity contribution in [3.8, 4) is 0 Å². The first-order chi connectivity index (χ1) is 8.74. The molecule has 0 atom stereocenters. The van der Waals surface area contributed by atoms with E-state index in [1.165, 1.54) is 11.6 Å². The highest BCUT2D eigenvalue weighted by Crippen LogP contribution is 2.05. The van der Waals surface area contributed by atoms with Gasteiger partial charge in [0.2, 0.25) is 5.95 Å². The molecule has 0 saturated heterocycles. The van der Waals surface area contributed by atoms with E-state index in [1.807, 2.05) is 31.2 Å². The van der Waals surface area contributed by atoms with Crippen molar-refractivity contribution < 1.29 is 4.79 Å². The van der Waals surface area contributed by atoms with Gasteiger partial charge in [-0.1, -0.05) is 29.8 Å². The molecule has 0 aliphatic carbocycles. The quantitative estimate of drug-likeness (QED) is 0.837. The van der Waals surface area contributed by atoms with Gasteiger partial charge in [0.05, 0.1) is 0 Å². The van der Waals surface area contributed by atoms with Crippen LogP contribution in [0.4, 0.5) is 5.95 Å². The molecule has 1 heterocycles. The van der Waals surface area contributed by atoms with Gasteiger partial charge in [-0.25, -0.2) is 9.97 Å². The third kappa shape index (κ3) is 3.52. The third-order valence-electron chi connectivity index (χ3n) is 2.31. The summed E-state index contributed by atoms with van der Waals surface area (Å²) in [7, 11) is 0. The Morgan fingerprint density at radius 2 is 1.83 bits per heavy atom. The highest BCUT2D eigenvalue weighted by atomic mass is 16.1. The zero-order chi connectivity index (χ0) is 12.8. The molecule has 1 amide bonds. The van der Waals surface area contributed by atoms with E-state index in [4.69, 9.17) is 0 Å². The molecule has 0 radical (unpaired) electrons. The fourth-order valence-electron chi connectivity index (χ4n) is 1.36. The van der Waals surface area contributed by atoms with Gasteiger partial charge in [-0.2, -0.15) is 0 Å². The molecule has 4 nitrogen and oxygen atoms in total. The largest absolute Gasteiger partial charge is 0.291 e. The molecule has 0 spiro atoms. The van der Waals surface area contributed by atoms with Crippen molar-refractivity contribution in [1.29, 1.82) is 0 Å². The van der Waals surface area contributed by atoms with E-state index in [-0.39, 0.29) is 5.91 Å². The van der Waals surface area contributed by atoms with Gasteiger partial charge in [-0.05, 0) is 24.6 Å². The zero-order valence-corrected chi connectivity index (χ0v) is 10.00. The average Bonchev–Trinajstić information content (AvgIpc) is 2.39. The lowest BCUT2D eigenvalue weighted by Crippen LogP contribution is -2.10. The summed E-state index contributed by atoms with van der Waals surface area (Å²) in [6, 6.07) is 9.60. The highest BCUT2D eigenvalue weighted by molar-refractivity contribution is 6.00. The van der Waals surface area contributed by atoms with Crippen LogP contribution in [0.1, 0.15) is 11.1 Å². The summed E-state index contributed by atoms with van der Waals surface area (Å²) in [6.45, 7) is 2.02. The van der Waals surface area contributed by atoms with Gasteiger partial charge in [-0.15, -0.1) is 0 Å². The SMILES string of the molecule is Cc1ccc(/C=C/C(=O)Nc2ncccn2)cc1. The predicted octanol–water partition coefficient (Wildman–Crippen LogP) is 2.44. The van der Waals surface area contributed by atoms with E-state index < -0.39 is 0 Å². The molecule has 1 aromatic carbocycles. The van der Waals surface area contributed by atoms with Gasteiger partial charge >= 0.3 is 0 Å². The topological polar surface area (TPSA) is 54.9 Å². The van der Waals surface area contributed by atoms with E-state index in [1.54, 1.807) is 24.5 Å². The third-order valence-corrected chi connectivity index (χ3v) is 2.31. The van der Waals surface area contributed by atoms with Gasteiger partial charge in [0.1, 0.15) is 0 Å². The molecule has 2 rings (SSSR count). The Labute approximate surface area is 105 Å². The normalized spacial score (nSPS) is 10.5. The maximum atomic E-state index is 11.6. The number of hydrogen-bond donors (Lipinski definition) is 1. The maximum absolute atomic E-state index is 11.6. The van der Waals surface area contributed by atoms with Crippen LogP contribution < -0.4 is 5.32 Å². The van der Waals surface area contributed by atoms with Crippen LogP contribution in [0.15, 0.2) is 48.8 Å². The van der Waals surface area contributed by atoms with Crippen molar-refractivity contribution in [1.82, 2.24) is 9.97 Å². The lowest BCUT2D eigenvalue weighted by Gasteiger charge is -1.98. The summed E-state index contributed by atoms with van der Waals surface area (Å²) >= 11 is 0. The van der Waals surface area contributed by atoms with Crippen LogP contribution in [0, 0.1) is 6.92 Å². The number of nitrogens with one attached hydrogen (secondary N) is 1. The molecule has 0 unspecified atom stereocenters. The van der Waals surface area contributed by atoms with E-state index in [0.29, 0.717) is 5.95 Å². The second kappa shape index (κ2) is 5.72. The van der Waals surface area contributed by atoms with Crippen molar-refractivity contribution in [2.45, 2.75) is 6.92 Å². The van der Waals surface area contributed by atoms with Gasteiger partial charge in [0, 0.05) is 18.5 Å². The maximum Gasteiger partial charge on any atom is 0.250 e. The number of rotatable bonds is 3. The molecule has 2 aromatic rings. The molecule has 1 N–H and O–H groups in total. The summed E-state index contributed by atoms with van der Waals surface area (Å²) in [4.78, 5) is 19.4. The smallest absolute Gasteiger partial charge is 0.250 e. The molecule has 1 aromatic heterocycles. The first-order valence-electron chi connectivity index (χ1n) is 5.57. The minimum absolute atomic E-state index is 0.248. The van der Waals surface area contributed by atoms with Crippen molar-refractivity contribution in [2.75, 3.05) is 5.32 Å². The molecular weight excluding hydrogens is 226 g/mol. The van der Waals surface area contributed by atoms with Crippen molar-refractivity contribution in [3.05, 3.63) is 59.9 Å². The number of benzene rings is 1. The van der Waals surface area contributed by atoms with Crippen molar-refractivity contribution in [2.24, 2.45) is 0 Å². The lowest BCUT2D eigenvalue weighted by molar-refractivity contribution is -0.111. The lowest BCUT2D eigenvalue weighted by atomic mass is 10.1. The Morgan fingerprint density at radius 3 is 2.50 bits per heavy atom. The summed E-state index contributed by atoms with van der Waals surface area (Å²) < 4.78 is 0. The molecule has 18 heavy (non-hydrogen) atoms. The summed E-state index contributed by atoms with van der Waals surface area (Å²) in [5.41, 5.74) is 2.17. The Morgan fingerprint density at radius 1 is 1.17 bits per heavy atom. The molecule has 90 valence electrons. The number of hydrogen-bond acceptors (Lipinski definition) is 3. The Balaban J connectivity index is 1.97. The van der Waals surface area contributed by atoms with Crippen molar-refractivity contribution >= 4 is 17.9 Å². The van der Waals surface area contributed by atoms with Crippen LogP contribution in [0.5, 0.6) is 0 Å². The number of nitrogens with zero attached hydrogens (tertiary/aromatic N) is 2.